The van der Waals surface area contributed by atoms with Gasteiger partial charge in [-0.25, -0.2) is 0 Å². The molecule has 0 aliphatic heterocycles. The van der Waals surface area contributed by atoms with Crippen molar-refractivity contribution in [2.75, 3.05) is 0 Å². The van der Waals surface area contributed by atoms with Gasteiger partial charge in [0.05, 0.1) is 12.1 Å². The first-order valence-electron chi connectivity index (χ1n) is 6.92. The predicted octanol–water partition coefficient (Wildman–Crippen LogP) is 3.69. The average Bonchev–Trinajstić information content (AvgIpc) is 3.03. The number of carbonyl (C=O) groups is 2. The van der Waals surface area contributed by atoms with Crippen molar-refractivity contribution >= 4 is 23.2 Å². The monoisotopic (exact) mass is 357 g/mol. The van der Waals surface area contributed by atoms with Gasteiger partial charge in [0, 0.05) is 17.4 Å². The maximum absolute atomic E-state index is 12.6. The Balaban J connectivity index is 2.14. The minimum atomic E-state index is -4.48. The molecule has 1 heterocycles. The molecule has 1 N–H and O–H groups in total. The van der Waals surface area contributed by atoms with Crippen molar-refractivity contribution in [2.45, 2.75) is 25.7 Å². The number of halogens is 3. The molecule has 128 valence electrons. The Morgan fingerprint density at radius 3 is 2.38 bits per heavy atom. The smallest absolute Gasteiger partial charge is 0.416 e. The van der Waals surface area contributed by atoms with E-state index in [1.165, 1.54) is 11.3 Å². The number of thiophene rings is 1. The van der Waals surface area contributed by atoms with Crippen molar-refractivity contribution in [1.82, 2.24) is 5.32 Å². The molecule has 8 heteroatoms. The van der Waals surface area contributed by atoms with E-state index in [1.807, 2.05) is 17.5 Å². The maximum atomic E-state index is 12.6. The lowest BCUT2D eigenvalue weighted by Crippen LogP contribution is -2.31. The third-order valence-corrected chi connectivity index (χ3v) is 3.96. The fraction of sp³-hybridized carbons (Fsp3) is 0.250. The molecule has 0 spiro atoms. The van der Waals surface area contributed by atoms with Gasteiger partial charge in [0.2, 0.25) is 6.10 Å². The molecule has 24 heavy (non-hydrogen) atoms. The van der Waals surface area contributed by atoms with Crippen LogP contribution in [-0.4, -0.2) is 11.9 Å². The first kappa shape index (κ1) is 18.0. The Kier molecular flexibility index (Phi) is 5.61. The molecule has 1 unspecified atom stereocenters. The van der Waals surface area contributed by atoms with Crippen LogP contribution in [0, 0.1) is 0 Å². The van der Waals surface area contributed by atoms with Gasteiger partial charge in [0.15, 0.2) is 0 Å². The van der Waals surface area contributed by atoms with Crippen LogP contribution in [0.2, 0.25) is 0 Å². The number of carbonyl (C=O) groups excluding carboxylic acids is 2. The third-order valence-electron chi connectivity index (χ3n) is 3.08. The van der Waals surface area contributed by atoms with Crippen LogP contribution in [0.5, 0.6) is 0 Å². The van der Waals surface area contributed by atoms with E-state index in [4.69, 9.17) is 4.74 Å². The molecular weight excluding hydrogens is 343 g/mol. The topological polar surface area (TPSA) is 55.4 Å². The number of hydrogen-bond donors (Lipinski definition) is 1. The van der Waals surface area contributed by atoms with Crippen molar-refractivity contribution in [2.24, 2.45) is 0 Å². The summed E-state index contributed by atoms with van der Waals surface area (Å²) in [6.07, 6.45) is -5.78. The number of nitrogens with one attached hydrogen (secondary N) is 1. The minimum Gasteiger partial charge on any atom is -0.447 e. The number of alkyl halides is 3. The molecule has 0 fully saturated rings. The molecule has 0 bridgehead atoms. The number of hydrogen-bond acceptors (Lipinski definition) is 4. The van der Waals surface area contributed by atoms with Crippen molar-refractivity contribution < 1.29 is 27.5 Å². The van der Waals surface area contributed by atoms with Crippen molar-refractivity contribution in [1.29, 1.82) is 0 Å². The molecule has 0 saturated carbocycles. The standard InChI is InChI=1S/C16H14F3NO3S/c1-10(21)23-14(15(22)20-9-13-3-2-8-24-13)11-4-6-12(7-5-11)16(17,18)19/h2-8,14H,9H2,1H3,(H,20,22). The second-order valence-electron chi connectivity index (χ2n) is 4.91. The summed E-state index contributed by atoms with van der Waals surface area (Å²) in [6.45, 7) is 1.37. The highest BCUT2D eigenvalue weighted by atomic mass is 32.1. The van der Waals surface area contributed by atoms with Crippen LogP contribution in [0.25, 0.3) is 0 Å². The second-order valence-corrected chi connectivity index (χ2v) is 5.94. The highest BCUT2D eigenvalue weighted by Gasteiger charge is 2.31. The lowest BCUT2D eigenvalue weighted by molar-refractivity contribution is -0.154. The van der Waals surface area contributed by atoms with Gasteiger partial charge in [0.25, 0.3) is 5.91 Å². The molecule has 1 aromatic heterocycles. The van der Waals surface area contributed by atoms with Crippen LogP contribution in [0.15, 0.2) is 41.8 Å². The lowest BCUT2D eigenvalue weighted by Gasteiger charge is -2.17. The summed E-state index contributed by atoms with van der Waals surface area (Å²) < 4.78 is 42.8. The maximum Gasteiger partial charge on any atom is 0.416 e. The quantitative estimate of drug-likeness (QED) is 0.831. The molecule has 2 aromatic rings. The molecule has 0 radical (unpaired) electrons. The first-order chi connectivity index (χ1) is 11.3. The van der Waals surface area contributed by atoms with E-state index in [1.54, 1.807) is 0 Å². The van der Waals surface area contributed by atoms with E-state index < -0.39 is 29.7 Å². The first-order valence-corrected chi connectivity index (χ1v) is 7.80. The zero-order valence-corrected chi connectivity index (χ0v) is 13.4. The highest BCUT2D eigenvalue weighted by molar-refractivity contribution is 7.09. The van der Waals surface area contributed by atoms with E-state index >= 15 is 0 Å². The Morgan fingerprint density at radius 2 is 1.88 bits per heavy atom. The van der Waals surface area contributed by atoms with Gasteiger partial charge < -0.3 is 10.1 Å². The molecule has 1 aromatic carbocycles. The van der Waals surface area contributed by atoms with Crippen LogP contribution in [0.3, 0.4) is 0 Å². The molecule has 4 nitrogen and oxygen atoms in total. The zero-order chi connectivity index (χ0) is 17.7. The predicted molar refractivity (Wildman–Crippen MR) is 82.1 cm³/mol. The van der Waals surface area contributed by atoms with E-state index in [-0.39, 0.29) is 12.1 Å². The number of rotatable bonds is 5. The highest BCUT2D eigenvalue weighted by Crippen LogP contribution is 2.30. The molecule has 2 rings (SSSR count). The van der Waals surface area contributed by atoms with Crippen LogP contribution < -0.4 is 5.32 Å². The van der Waals surface area contributed by atoms with Crippen LogP contribution >= 0.6 is 11.3 Å². The second kappa shape index (κ2) is 7.48. The van der Waals surface area contributed by atoms with Gasteiger partial charge in [-0.05, 0) is 23.6 Å². The largest absolute Gasteiger partial charge is 0.447 e. The van der Waals surface area contributed by atoms with Gasteiger partial charge >= 0.3 is 12.1 Å². The van der Waals surface area contributed by atoms with Gasteiger partial charge in [-0.3, -0.25) is 9.59 Å². The van der Waals surface area contributed by atoms with Crippen molar-refractivity contribution in [3.63, 3.8) is 0 Å². The van der Waals surface area contributed by atoms with Crippen LogP contribution in [0.4, 0.5) is 13.2 Å². The Bertz CT molecular complexity index is 696. The Morgan fingerprint density at radius 1 is 1.21 bits per heavy atom. The van der Waals surface area contributed by atoms with Gasteiger partial charge in [-0.1, -0.05) is 18.2 Å². The summed E-state index contributed by atoms with van der Waals surface area (Å²) in [7, 11) is 0. The number of ether oxygens (including phenoxy) is 1. The van der Waals surface area contributed by atoms with E-state index in [2.05, 4.69) is 5.32 Å². The summed E-state index contributed by atoms with van der Waals surface area (Å²) >= 11 is 1.44. The van der Waals surface area contributed by atoms with Crippen LogP contribution in [0.1, 0.15) is 29.0 Å². The molecule has 0 aliphatic carbocycles. The Labute approximate surface area is 140 Å². The van der Waals surface area contributed by atoms with E-state index in [0.29, 0.717) is 0 Å². The molecular formula is C16H14F3NO3S. The number of benzene rings is 1. The molecule has 1 amide bonds. The van der Waals surface area contributed by atoms with Gasteiger partial charge in [-0.15, -0.1) is 11.3 Å². The minimum absolute atomic E-state index is 0.168. The van der Waals surface area contributed by atoms with Crippen molar-refractivity contribution in [3.05, 3.63) is 57.8 Å². The fourth-order valence-electron chi connectivity index (χ4n) is 1.97. The summed E-state index contributed by atoms with van der Waals surface area (Å²) in [5.74, 6) is -1.30. The summed E-state index contributed by atoms with van der Waals surface area (Å²) in [4.78, 5) is 24.4. The number of amides is 1. The molecule has 1 atom stereocenters. The SMILES string of the molecule is CC(=O)OC(C(=O)NCc1cccs1)c1ccc(C(F)(F)F)cc1. The summed E-state index contributed by atoms with van der Waals surface area (Å²) in [5, 5.41) is 4.45. The lowest BCUT2D eigenvalue weighted by atomic mass is 10.1. The van der Waals surface area contributed by atoms with E-state index in [9.17, 15) is 22.8 Å². The van der Waals surface area contributed by atoms with Gasteiger partial charge in [-0.2, -0.15) is 13.2 Å². The number of esters is 1. The summed E-state index contributed by atoms with van der Waals surface area (Å²) in [5.41, 5.74) is -0.673. The molecule has 0 saturated heterocycles. The zero-order valence-electron chi connectivity index (χ0n) is 12.6. The fourth-order valence-corrected chi connectivity index (χ4v) is 2.61. The Hall–Kier alpha value is -2.35. The van der Waals surface area contributed by atoms with E-state index in [0.717, 1.165) is 36.1 Å². The van der Waals surface area contributed by atoms with Crippen LogP contribution in [-0.2, 0) is 27.0 Å². The molecule has 0 aliphatic rings. The normalized spacial score (nSPS) is 12.5. The van der Waals surface area contributed by atoms with Crippen molar-refractivity contribution in [3.8, 4) is 0 Å². The summed E-state index contributed by atoms with van der Waals surface area (Å²) in [6, 6.07) is 7.59. The van der Waals surface area contributed by atoms with Gasteiger partial charge in [0.1, 0.15) is 0 Å². The third kappa shape index (κ3) is 4.82. The average molecular weight is 357 g/mol.